The Kier molecular flexibility index (Phi) is 6.28. The molecule has 2 heterocycles. The highest BCUT2D eigenvalue weighted by atomic mass is 35.5. The van der Waals surface area contributed by atoms with Crippen LogP contribution in [0.2, 0.25) is 5.02 Å². The summed E-state index contributed by atoms with van der Waals surface area (Å²) in [7, 11) is -3.98. The molecule has 11 heteroatoms. The number of aryl methyl sites for hydroxylation is 1. The minimum Gasteiger partial charge on any atom is -0.355 e. The van der Waals surface area contributed by atoms with Crippen LogP contribution in [-0.2, 0) is 21.0 Å². The molecule has 1 aliphatic rings. The fraction of sp³-hybridized carbons (Fsp3) is 0.368. The number of nitrogens with one attached hydrogen (secondary N) is 1. The first-order valence-electron chi connectivity index (χ1n) is 9.08. The van der Waals surface area contributed by atoms with Gasteiger partial charge in [-0.3, -0.25) is 4.79 Å². The van der Waals surface area contributed by atoms with Crippen molar-refractivity contribution in [1.29, 1.82) is 0 Å². The quantitative estimate of drug-likeness (QED) is 0.749. The van der Waals surface area contributed by atoms with Crippen molar-refractivity contribution in [3.8, 4) is 0 Å². The lowest BCUT2D eigenvalue weighted by atomic mass is 9.96. The number of nitrogens with zero attached hydrogens (tertiary/aromatic N) is 2. The lowest BCUT2D eigenvalue weighted by Crippen LogP contribution is -2.42. The molecule has 0 saturated carbocycles. The summed E-state index contributed by atoms with van der Waals surface area (Å²) in [4.78, 5) is 18.0. The number of carbonyl (C=O) groups excluding carboxylic acids is 1. The average Bonchev–Trinajstić information content (AvgIpc) is 2.67. The van der Waals surface area contributed by atoms with E-state index in [9.17, 15) is 26.4 Å². The number of sulfonamides is 1. The second-order valence-electron chi connectivity index (χ2n) is 7.07. The van der Waals surface area contributed by atoms with Gasteiger partial charge in [0.2, 0.25) is 5.91 Å². The van der Waals surface area contributed by atoms with E-state index in [0.717, 1.165) is 11.6 Å². The fourth-order valence-electron chi connectivity index (χ4n) is 3.23. The van der Waals surface area contributed by atoms with Crippen molar-refractivity contribution in [2.24, 2.45) is 5.92 Å². The second-order valence-corrected chi connectivity index (χ2v) is 9.16. The molecule has 0 bridgehead atoms. The van der Waals surface area contributed by atoms with Crippen LogP contribution in [0.3, 0.4) is 0 Å². The van der Waals surface area contributed by atoms with Crippen LogP contribution >= 0.6 is 11.6 Å². The highest BCUT2D eigenvalue weighted by Gasteiger charge is 2.33. The first-order valence-corrected chi connectivity index (χ1v) is 10.9. The third kappa shape index (κ3) is 5.04. The van der Waals surface area contributed by atoms with Gasteiger partial charge in [0.1, 0.15) is 5.82 Å². The van der Waals surface area contributed by atoms with Gasteiger partial charge < -0.3 is 4.90 Å². The maximum atomic E-state index is 12.8. The van der Waals surface area contributed by atoms with Crippen LogP contribution in [0.4, 0.5) is 19.0 Å². The molecule has 162 valence electrons. The van der Waals surface area contributed by atoms with E-state index in [-0.39, 0.29) is 15.7 Å². The Morgan fingerprint density at radius 2 is 1.90 bits per heavy atom. The smallest absolute Gasteiger partial charge is 0.355 e. The maximum absolute atomic E-state index is 12.8. The largest absolute Gasteiger partial charge is 0.417 e. The number of pyridine rings is 1. The molecule has 1 saturated heterocycles. The molecule has 1 fully saturated rings. The van der Waals surface area contributed by atoms with Crippen LogP contribution in [-0.4, -0.2) is 32.4 Å². The van der Waals surface area contributed by atoms with E-state index in [2.05, 4.69) is 9.71 Å². The van der Waals surface area contributed by atoms with Gasteiger partial charge in [0.05, 0.1) is 15.5 Å². The summed E-state index contributed by atoms with van der Waals surface area (Å²) in [5.74, 6) is -0.951. The molecule has 0 unspecified atom stereocenters. The minimum absolute atomic E-state index is 0.00835. The summed E-state index contributed by atoms with van der Waals surface area (Å²) >= 11 is 5.97. The number of hydrogen-bond acceptors (Lipinski definition) is 5. The third-order valence-corrected chi connectivity index (χ3v) is 6.47. The molecule has 2 aromatic rings. The zero-order valence-corrected chi connectivity index (χ0v) is 17.5. The number of alkyl halides is 3. The van der Waals surface area contributed by atoms with Gasteiger partial charge in [0.15, 0.2) is 0 Å². The molecule has 6 nitrogen and oxygen atoms in total. The molecule has 30 heavy (non-hydrogen) atoms. The topological polar surface area (TPSA) is 79.4 Å². The van der Waals surface area contributed by atoms with E-state index < -0.39 is 33.6 Å². The number of carbonyl (C=O) groups is 1. The number of amides is 1. The maximum Gasteiger partial charge on any atom is 0.417 e. The van der Waals surface area contributed by atoms with Gasteiger partial charge in [-0.05, 0) is 43.5 Å². The summed E-state index contributed by atoms with van der Waals surface area (Å²) in [6.45, 7) is 2.36. The molecule has 3 rings (SSSR count). The van der Waals surface area contributed by atoms with Crippen molar-refractivity contribution >= 4 is 33.3 Å². The molecular formula is C19H19ClF3N3O3S. The Hall–Kier alpha value is -2.33. The standard InChI is InChI=1S/C19H19ClF3N3O3S/c1-12-3-2-4-15(9-12)30(28,29)25-18(27)13-5-7-26(8-6-13)17-16(20)10-14(11-24-17)19(21,22)23/h2-4,9-11,13H,5-8H2,1H3,(H,25,27). The van der Waals surface area contributed by atoms with Gasteiger partial charge >= 0.3 is 6.18 Å². The van der Waals surface area contributed by atoms with Gasteiger partial charge in [-0.25, -0.2) is 18.1 Å². The van der Waals surface area contributed by atoms with Crippen LogP contribution in [0.1, 0.15) is 24.0 Å². The monoisotopic (exact) mass is 461 g/mol. The number of halogens is 4. The van der Waals surface area contributed by atoms with Crippen LogP contribution in [0.25, 0.3) is 0 Å². The molecule has 1 aromatic carbocycles. The Bertz CT molecular complexity index is 1050. The molecule has 0 radical (unpaired) electrons. The highest BCUT2D eigenvalue weighted by molar-refractivity contribution is 7.90. The van der Waals surface area contributed by atoms with Gasteiger partial charge in [0, 0.05) is 25.2 Å². The van der Waals surface area contributed by atoms with Crippen LogP contribution in [0.15, 0.2) is 41.4 Å². The molecule has 1 amide bonds. The molecule has 1 aromatic heterocycles. The number of anilines is 1. The van der Waals surface area contributed by atoms with Crippen molar-refractivity contribution in [3.05, 3.63) is 52.7 Å². The zero-order valence-electron chi connectivity index (χ0n) is 15.9. The molecule has 0 aliphatic carbocycles. The fourth-order valence-corrected chi connectivity index (χ4v) is 4.66. The lowest BCUT2D eigenvalue weighted by molar-refractivity contribution is -0.137. The number of rotatable bonds is 4. The van der Waals surface area contributed by atoms with Gasteiger partial charge in [0.25, 0.3) is 10.0 Å². The first kappa shape index (κ1) is 22.4. The Morgan fingerprint density at radius 3 is 2.47 bits per heavy atom. The minimum atomic E-state index is -4.54. The van der Waals surface area contributed by atoms with E-state index in [4.69, 9.17) is 11.6 Å². The molecular weight excluding hydrogens is 443 g/mol. The third-order valence-electron chi connectivity index (χ3n) is 4.85. The van der Waals surface area contributed by atoms with E-state index in [1.165, 1.54) is 12.1 Å². The van der Waals surface area contributed by atoms with Crippen molar-refractivity contribution < 1.29 is 26.4 Å². The van der Waals surface area contributed by atoms with Crippen molar-refractivity contribution in [2.45, 2.75) is 30.8 Å². The van der Waals surface area contributed by atoms with E-state index in [1.54, 1.807) is 24.0 Å². The lowest BCUT2D eigenvalue weighted by Gasteiger charge is -2.32. The van der Waals surface area contributed by atoms with Crippen molar-refractivity contribution in [1.82, 2.24) is 9.71 Å². The number of piperidine rings is 1. The van der Waals surface area contributed by atoms with Crippen molar-refractivity contribution in [3.63, 3.8) is 0 Å². The van der Waals surface area contributed by atoms with E-state index in [1.807, 2.05) is 0 Å². The summed E-state index contributed by atoms with van der Waals surface area (Å²) in [6, 6.07) is 7.03. The molecule has 1 N–H and O–H groups in total. The SMILES string of the molecule is Cc1cccc(S(=O)(=O)NC(=O)C2CCN(c3ncc(C(F)(F)F)cc3Cl)CC2)c1. The normalized spacial score (nSPS) is 15.8. The van der Waals surface area contributed by atoms with Crippen LogP contribution in [0, 0.1) is 12.8 Å². The number of aromatic nitrogens is 1. The predicted octanol–water partition coefficient (Wildman–Crippen LogP) is 3.78. The first-order chi connectivity index (χ1) is 14.0. The second kappa shape index (κ2) is 8.43. The van der Waals surface area contributed by atoms with Gasteiger partial charge in [-0.2, -0.15) is 13.2 Å². The molecule has 0 spiro atoms. The van der Waals surface area contributed by atoms with E-state index >= 15 is 0 Å². The average molecular weight is 462 g/mol. The van der Waals surface area contributed by atoms with E-state index in [0.29, 0.717) is 32.1 Å². The van der Waals surface area contributed by atoms with Crippen molar-refractivity contribution in [2.75, 3.05) is 18.0 Å². The summed E-state index contributed by atoms with van der Waals surface area (Å²) in [6.07, 6.45) is -3.19. The van der Waals surface area contributed by atoms with Crippen LogP contribution < -0.4 is 9.62 Å². The Balaban J connectivity index is 1.63. The Labute approximate surface area is 177 Å². The highest BCUT2D eigenvalue weighted by Crippen LogP contribution is 2.34. The number of hydrogen-bond donors (Lipinski definition) is 1. The molecule has 0 atom stereocenters. The summed E-state index contributed by atoms with van der Waals surface area (Å²) < 4.78 is 65.2. The van der Waals surface area contributed by atoms with Crippen LogP contribution in [0.5, 0.6) is 0 Å². The summed E-state index contributed by atoms with van der Waals surface area (Å²) in [5, 5.41) is -0.130. The predicted molar refractivity (Wildman–Crippen MR) is 106 cm³/mol. The van der Waals surface area contributed by atoms with Gasteiger partial charge in [-0.15, -0.1) is 0 Å². The number of benzene rings is 1. The Morgan fingerprint density at radius 1 is 1.23 bits per heavy atom. The molecule has 1 aliphatic heterocycles. The zero-order chi connectivity index (χ0) is 22.1. The van der Waals surface area contributed by atoms with Gasteiger partial charge in [-0.1, -0.05) is 23.7 Å². The summed E-state index contributed by atoms with van der Waals surface area (Å²) in [5.41, 5.74) is -0.188.